The highest BCUT2D eigenvalue weighted by molar-refractivity contribution is 7.92. The van der Waals surface area contributed by atoms with Crippen molar-refractivity contribution in [3.63, 3.8) is 0 Å². The van der Waals surface area contributed by atoms with Crippen molar-refractivity contribution in [1.29, 1.82) is 0 Å². The molecular formula is C23H31ClN4O8S3. The predicted molar refractivity (Wildman–Crippen MR) is 148 cm³/mol. The monoisotopic (exact) mass is 622 g/mol. The molecule has 1 saturated heterocycles. The molecule has 0 aliphatic carbocycles. The molecule has 2 aromatic carbocycles. The van der Waals surface area contributed by atoms with E-state index in [2.05, 4.69) is 9.62 Å². The van der Waals surface area contributed by atoms with Crippen LogP contribution in [-0.2, 0) is 39.1 Å². The molecule has 1 heterocycles. The zero-order chi connectivity index (χ0) is 29.2. The van der Waals surface area contributed by atoms with E-state index in [1.54, 1.807) is 24.3 Å². The first-order valence-electron chi connectivity index (χ1n) is 11.7. The molecule has 1 aliphatic rings. The van der Waals surface area contributed by atoms with Crippen LogP contribution in [-0.4, -0.2) is 80.2 Å². The lowest BCUT2D eigenvalue weighted by atomic mass is 10.0. The zero-order valence-corrected chi connectivity index (χ0v) is 24.8. The van der Waals surface area contributed by atoms with Crippen LogP contribution in [0.4, 0.5) is 5.69 Å². The van der Waals surface area contributed by atoms with E-state index in [0.717, 1.165) is 44.5 Å². The Labute approximate surface area is 234 Å². The Balaban J connectivity index is 2.07. The Morgan fingerprint density at radius 3 is 2.26 bits per heavy atom. The van der Waals surface area contributed by atoms with E-state index in [-0.39, 0.29) is 10.6 Å². The van der Waals surface area contributed by atoms with Crippen LogP contribution >= 0.6 is 11.6 Å². The van der Waals surface area contributed by atoms with Crippen molar-refractivity contribution < 1.29 is 34.2 Å². The maximum Gasteiger partial charge on any atom is 0.265 e. The van der Waals surface area contributed by atoms with Gasteiger partial charge in [-0.25, -0.2) is 22.0 Å². The van der Waals surface area contributed by atoms with Gasteiger partial charge in [-0.3, -0.25) is 13.7 Å². The minimum absolute atomic E-state index is 0.0851. The number of carbonyl (C=O) groups excluding carboxylic acids is 1. The molecule has 0 aromatic heterocycles. The third kappa shape index (κ3) is 8.86. The molecule has 0 saturated carbocycles. The second-order valence-electron chi connectivity index (χ2n) is 9.39. The standard InChI is InChI=1S/C23H31ClN4O8S3/c1-27(20(15-28-11-4-5-12-28)16-7-6-8-18(13-16)26-37(2,30)31)23(29)22(36-38(3,32)33)17-9-10-19(24)21(14-17)39(25,34)35/h6-10,13-14,20,22,26H,4-5,11-12,15H2,1-3H3,(H2,25,34,35). The van der Waals surface area contributed by atoms with Crippen molar-refractivity contribution in [2.24, 2.45) is 5.14 Å². The van der Waals surface area contributed by atoms with Gasteiger partial charge in [0.2, 0.25) is 20.0 Å². The number of likely N-dealkylation sites (N-methyl/N-ethyl adjacent to an activating group) is 1. The molecule has 16 heteroatoms. The molecule has 216 valence electrons. The lowest BCUT2D eigenvalue weighted by Crippen LogP contribution is -2.41. The van der Waals surface area contributed by atoms with Crippen molar-refractivity contribution in [1.82, 2.24) is 9.80 Å². The SMILES string of the molecule is CN(C(=O)C(OS(C)(=O)=O)c1ccc(Cl)c(S(N)(=O)=O)c1)C(CN1CCCC1)c1cccc(NS(C)(=O)=O)c1. The fourth-order valence-electron chi connectivity index (χ4n) is 4.34. The zero-order valence-electron chi connectivity index (χ0n) is 21.6. The highest BCUT2D eigenvalue weighted by atomic mass is 35.5. The van der Waals surface area contributed by atoms with Crippen molar-refractivity contribution in [2.75, 3.05) is 43.9 Å². The molecule has 3 N–H and O–H groups in total. The van der Waals surface area contributed by atoms with Crippen LogP contribution < -0.4 is 9.86 Å². The van der Waals surface area contributed by atoms with Crippen LogP contribution in [0, 0.1) is 0 Å². The number of nitrogens with two attached hydrogens (primary N) is 1. The molecule has 0 spiro atoms. The van der Waals surface area contributed by atoms with Gasteiger partial charge in [-0.2, -0.15) is 8.42 Å². The molecule has 12 nitrogen and oxygen atoms in total. The van der Waals surface area contributed by atoms with Crippen LogP contribution in [0.1, 0.15) is 36.1 Å². The van der Waals surface area contributed by atoms with Crippen LogP contribution in [0.2, 0.25) is 5.02 Å². The van der Waals surface area contributed by atoms with Gasteiger partial charge in [-0.1, -0.05) is 29.8 Å². The molecule has 1 aliphatic heterocycles. The van der Waals surface area contributed by atoms with Gasteiger partial charge in [0.15, 0.2) is 6.10 Å². The maximum absolute atomic E-state index is 13.9. The van der Waals surface area contributed by atoms with Gasteiger partial charge in [0.05, 0.1) is 23.6 Å². The number of halogens is 1. The number of nitrogens with one attached hydrogen (secondary N) is 1. The van der Waals surface area contributed by atoms with E-state index in [1.165, 1.54) is 24.1 Å². The first-order valence-corrected chi connectivity index (χ1v) is 17.3. The molecule has 0 radical (unpaired) electrons. The minimum Gasteiger partial charge on any atom is -0.335 e. The van der Waals surface area contributed by atoms with Gasteiger partial charge < -0.3 is 9.80 Å². The summed E-state index contributed by atoms with van der Waals surface area (Å²) in [5.74, 6) is -0.784. The molecule has 3 rings (SSSR count). The molecule has 2 atom stereocenters. The first kappa shape index (κ1) is 31.3. The molecule has 39 heavy (non-hydrogen) atoms. The highest BCUT2D eigenvalue weighted by Gasteiger charge is 2.34. The number of carbonyl (C=O) groups is 1. The molecular weight excluding hydrogens is 592 g/mol. The number of sulfonamides is 2. The Bertz CT molecular complexity index is 1540. The number of likely N-dealkylation sites (tertiary alicyclic amines) is 1. The predicted octanol–water partition coefficient (Wildman–Crippen LogP) is 1.67. The lowest BCUT2D eigenvalue weighted by molar-refractivity contribution is -0.140. The fourth-order valence-corrected chi connectivity index (χ4v) is 6.52. The number of anilines is 1. The van der Waals surface area contributed by atoms with E-state index in [4.69, 9.17) is 20.9 Å². The maximum atomic E-state index is 13.9. The van der Waals surface area contributed by atoms with Crippen LogP contribution in [0.5, 0.6) is 0 Å². The smallest absolute Gasteiger partial charge is 0.265 e. The average Bonchev–Trinajstić information content (AvgIpc) is 3.32. The number of nitrogens with zero attached hydrogens (tertiary/aromatic N) is 2. The topological polar surface area (TPSA) is 173 Å². The summed E-state index contributed by atoms with van der Waals surface area (Å²) in [7, 11) is -10.6. The fraction of sp³-hybridized carbons (Fsp3) is 0.435. The second kappa shape index (κ2) is 12.1. The van der Waals surface area contributed by atoms with Crippen LogP contribution in [0.15, 0.2) is 47.4 Å². The van der Waals surface area contributed by atoms with E-state index in [1.807, 2.05) is 0 Å². The highest BCUT2D eigenvalue weighted by Crippen LogP contribution is 2.32. The van der Waals surface area contributed by atoms with E-state index in [0.29, 0.717) is 17.8 Å². The summed E-state index contributed by atoms with van der Waals surface area (Å²) < 4.78 is 79.5. The number of hydrogen-bond acceptors (Lipinski definition) is 9. The molecule has 2 aromatic rings. The third-order valence-electron chi connectivity index (χ3n) is 6.08. The van der Waals surface area contributed by atoms with Crippen molar-refractivity contribution in [2.45, 2.75) is 29.9 Å². The number of benzene rings is 2. The molecule has 2 unspecified atom stereocenters. The van der Waals surface area contributed by atoms with Crippen molar-refractivity contribution in [3.05, 3.63) is 58.6 Å². The van der Waals surface area contributed by atoms with Crippen molar-refractivity contribution >= 4 is 53.4 Å². The number of amides is 1. The van der Waals surface area contributed by atoms with Gasteiger partial charge in [-0.15, -0.1) is 0 Å². The summed E-state index contributed by atoms with van der Waals surface area (Å²) in [5.41, 5.74) is 0.797. The van der Waals surface area contributed by atoms with Gasteiger partial charge in [0, 0.05) is 19.3 Å². The average molecular weight is 623 g/mol. The van der Waals surface area contributed by atoms with Crippen molar-refractivity contribution in [3.8, 4) is 0 Å². The normalized spacial score (nSPS) is 16.5. The Hall–Kier alpha value is -2.27. The number of hydrogen-bond donors (Lipinski definition) is 2. The van der Waals surface area contributed by atoms with E-state index < -0.39 is 53.1 Å². The Morgan fingerprint density at radius 1 is 1.05 bits per heavy atom. The van der Waals surface area contributed by atoms with Crippen LogP contribution in [0.3, 0.4) is 0 Å². The van der Waals surface area contributed by atoms with E-state index in [9.17, 15) is 30.0 Å². The van der Waals surface area contributed by atoms with Gasteiger partial charge in [0.25, 0.3) is 16.0 Å². The Morgan fingerprint density at radius 2 is 1.69 bits per heavy atom. The van der Waals surface area contributed by atoms with Gasteiger partial charge >= 0.3 is 0 Å². The summed E-state index contributed by atoms with van der Waals surface area (Å²) in [4.78, 5) is 16.8. The number of rotatable bonds is 11. The molecule has 0 bridgehead atoms. The van der Waals surface area contributed by atoms with Gasteiger partial charge in [0.1, 0.15) is 4.90 Å². The Kier molecular flexibility index (Phi) is 9.68. The minimum atomic E-state index is -4.30. The summed E-state index contributed by atoms with van der Waals surface area (Å²) >= 11 is 5.98. The summed E-state index contributed by atoms with van der Waals surface area (Å²) in [5, 5.41) is 5.04. The molecule has 1 amide bonds. The summed E-state index contributed by atoms with van der Waals surface area (Å²) in [6.45, 7) is 1.95. The van der Waals surface area contributed by atoms with Crippen LogP contribution in [0.25, 0.3) is 0 Å². The third-order valence-corrected chi connectivity index (χ3v) is 8.62. The quantitative estimate of drug-likeness (QED) is 0.353. The second-order valence-corrected chi connectivity index (χ2v) is 14.7. The molecule has 1 fully saturated rings. The lowest BCUT2D eigenvalue weighted by Gasteiger charge is -2.34. The van der Waals surface area contributed by atoms with Gasteiger partial charge in [-0.05, 0) is 61.3 Å². The largest absolute Gasteiger partial charge is 0.335 e. The first-order chi connectivity index (χ1) is 17.9. The summed E-state index contributed by atoms with van der Waals surface area (Å²) in [6.07, 6.45) is 1.99. The summed E-state index contributed by atoms with van der Waals surface area (Å²) in [6, 6.07) is 9.36. The number of primary sulfonamides is 1. The van der Waals surface area contributed by atoms with E-state index >= 15 is 0 Å².